The van der Waals surface area contributed by atoms with Gasteiger partial charge in [-0.3, -0.25) is 4.79 Å². The lowest BCUT2D eigenvalue weighted by molar-refractivity contribution is -0.116. The van der Waals surface area contributed by atoms with Crippen LogP contribution in [0.5, 0.6) is 5.75 Å². The predicted octanol–water partition coefficient (Wildman–Crippen LogP) is 0.991. The lowest BCUT2D eigenvalue weighted by Gasteiger charge is -2.04. The zero-order valence-corrected chi connectivity index (χ0v) is 10.4. The Balaban J connectivity index is 2.76. The molecule has 0 N–H and O–H groups in total. The molecule has 6 heteroatoms. The summed E-state index contributed by atoms with van der Waals surface area (Å²) in [5, 5.41) is 0. The quantitative estimate of drug-likeness (QED) is 0.792. The highest BCUT2D eigenvalue weighted by molar-refractivity contribution is 7.91. The maximum absolute atomic E-state index is 13.3. The fourth-order valence-corrected chi connectivity index (χ4v) is 2.08. The third-order valence-corrected chi connectivity index (χ3v) is 2.89. The lowest BCUT2D eigenvalue weighted by atomic mass is 10.1. The van der Waals surface area contributed by atoms with Crippen LogP contribution >= 0.6 is 0 Å². The smallest absolute Gasteiger partial charge is 0.165 e. The second-order valence-electron chi connectivity index (χ2n) is 3.75. The second-order valence-corrected chi connectivity index (χ2v) is 5.89. The minimum Gasteiger partial charge on any atom is -0.494 e. The molecule has 0 aliphatic heterocycles. The molecule has 17 heavy (non-hydrogen) atoms. The van der Waals surface area contributed by atoms with Gasteiger partial charge in [-0.25, -0.2) is 12.8 Å². The minimum atomic E-state index is -3.33. The molecule has 1 rings (SSSR count). The topological polar surface area (TPSA) is 60.4 Å². The van der Waals surface area contributed by atoms with Crippen LogP contribution < -0.4 is 4.74 Å². The summed E-state index contributed by atoms with van der Waals surface area (Å²) in [5.74, 6) is -1.47. The zero-order chi connectivity index (χ0) is 13.1. The number of sulfone groups is 1. The predicted molar refractivity (Wildman–Crippen MR) is 61.4 cm³/mol. The first kappa shape index (κ1) is 13.6. The van der Waals surface area contributed by atoms with E-state index in [-0.39, 0.29) is 12.2 Å². The van der Waals surface area contributed by atoms with Gasteiger partial charge in [0.2, 0.25) is 0 Å². The summed E-state index contributed by atoms with van der Waals surface area (Å²) in [5.41, 5.74) is 0.428. The number of hydrogen-bond donors (Lipinski definition) is 0. The van der Waals surface area contributed by atoms with Gasteiger partial charge < -0.3 is 4.74 Å². The molecule has 0 radical (unpaired) electrons. The van der Waals surface area contributed by atoms with Crippen molar-refractivity contribution in [3.8, 4) is 5.75 Å². The Kier molecular flexibility index (Phi) is 4.22. The van der Waals surface area contributed by atoms with Crippen molar-refractivity contribution in [2.75, 3.05) is 19.1 Å². The first-order valence-corrected chi connectivity index (χ1v) is 6.89. The third kappa shape index (κ3) is 4.52. The van der Waals surface area contributed by atoms with E-state index in [0.717, 1.165) is 6.26 Å². The third-order valence-electron chi connectivity index (χ3n) is 2.04. The number of halogens is 1. The number of carbonyl (C=O) groups excluding carboxylic acids is 1. The number of rotatable bonds is 5. The molecule has 0 atom stereocenters. The molecule has 0 aliphatic carbocycles. The van der Waals surface area contributed by atoms with Crippen molar-refractivity contribution in [3.05, 3.63) is 29.6 Å². The fourth-order valence-electron chi connectivity index (χ4n) is 1.39. The van der Waals surface area contributed by atoms with E-state index >= 15 is 0 Å². The van der Waals surface area contributed by atoms with Crippen molar-refractivity contribution in [1.82, 2.24) is 0 Å². The van der Waals surface area contributed by atoms with Gasteiger partial charge in [0.1, 0.15) is 5.75 Å². The van der Waals surface area contributed by atoms with Crippen LogP contribution in [-0.2, 0) is 21.1 Å². The molecule has 0 bridgehead atoms. The number of hydrogen-bond acceptors (Lipinski definition) is 4. The van der Waals surface area contributed by atoms with Gasteiger partial charge in [0, 0.05) is 12.7 Å². The Hall–Kier alpha value is -1.43. The number of methoxy groups -OCH3 is 1. The summed E-state index contributed by atoms with van der Waals surface area (Å²) in [4.78, 5) is 11.4. The molecule has 4 nitrogen and oxygen atoms in total. The molecular formula is C11H13FO4S. The standard InChI is InChI=1S/C11H13FO4S/c1-16-11-4-3-8(6-10(11)12)5-9(13)7-17(2,14)15/h3-4,6H,5,7H2,1-2H3. The molecule has 0 fully saturated rings. The van der Waals surface area contributed by atoms with E-state index in [4.69, 9.17) is 4.74 Å². The van der Waals surface area contributed by atoms with Gasteiger partial charge in [0.15, 0.2) is 27.2 Å². The van der Waals surface area contributed by atoms with Gasteiger partial charge in [-0.15, -0.1) is 0 Å². The average molecular weight is 260 g/mol. The van der Waals surface area contributed by atoms with Crippen LogP contribution in [0.25, 0.3) is 0 Å². The van der Waals surface area contributed by atoms with Gasteiger partial charge >= 0.3 is 0 Å². The summed E-state index contributed by atoms with van der Waals surface area (Å²) in [6.45, 7) is 0. The highest BCUT2D eigenvalue weighted by Crippen LogP contribution is 2.18. The van der Waals surface area contributed by atoms with E-state index in [1.165, 1.54) is 25.3 Å². The Morgan fingerprint density at radius 1 is 1.41 bits per heavy atom. The molecule has 0 aromatic heterocycles. The SMILES string of the molecule is COc1ccc(CC(=O)CS(C)(=O)=O)cc1F. The minimum absolute atomic E-state index is 0.0873. The summed E-state index contributed by atoms with van der Waals surface area (Å²) < 4.78 is 39.8. The molecule has 0 saturated carbocycles. The van der Waals surface area contributed by atoms with Crippen molar-refractivity contribution >= 4 is 15.6 Å². The Bertz CT molecular complexity index is 522. The van der Waals surface area contributed by atoms with Gasteiger partial charge in [0.05, 0.1) is 7.11 Å². The summed E-state index contributed by atoms with van der Waals surface area (Å²) in [6.07, 6.45) is 0.882. The van der Waals surface area contributed by atoms with E-state index in [9.17, 15) is 17.6 Å². The van der Waals surface area contributed by atoms with Gasteiger partial charge in [-0.2, -0.15) is 0 Å². The van der Waals surface area contributed by atoms with E-state index in [0.29, 0.717) is 5.56 Å². The second kappa shape index (κ2) is 5.27. The lowest BCUT2D eigenvalue weighted by Crippen LogP contribution is -2.16. The van der Waals surface area contributed by atoms with Gasteiger partial charge in [-0.05, 0) is 17.7 Å². The number of carbonyl (C=O) groups is 1. The van der Waals surface area contributed by atoms with Crippen LogP contribution in [0.4, 0.5) is 4.39 Å². The van der Waals surface area contributed by atoms with Crippen molar-refractivity contribution in [2.24, 2.45) is 0 Å². The molecule has 1 aromatic carbocycles. The molecular weight excluding hydrogens is 247 g/mol. The largest absolute Gasteiger partial charge is 0.494 e. The molecule has 0 saturated heterocycles. The van der Waals surface area contributed by atoms with Crippen LogP contribution in [0.3, 0.4) is 0 Å². The summed E-state index contributed by atoms with van der Waals surface area (Å²) >= 11 is 0. The number of benzene rings is 1. The molecule has 0 unspecified atom stereocenters. The average Bonchev–Trinajstić information content (AvgIpc) is 2.14. The highest BCUT2D eigenvalue weighted by Gasteiger charge is 2.12. The van der Waals surface area contributed by atoms with Crippen LogP contribution in [0.1, 0.15) is 5.56 Å². The maximum Gasteiger partial charge on any atom is 0.165 e. The summed E-state index contributed by atoms with van der Waals surface area (Å²) in [6, 6.07) is 4.10. The molecule has 0 spiro atoms. The molecule has 94 valence electrons. The highest BCUT2D eigenvalue weighted by atomic mass is 32.2. The Morgan fingerprint density at radius 3 is 2.53 bits per heavy atom. The van der Waals surface area contributed by atoms with Crippen molar-refractivity contribution in [1.29, 1.82) is 0 Å². The molecule has 0 aliphatic rings. The van der Waals surface area contributed by atoms with Crippen molar-refractivity contribution in [3.63, 3.8) is 0 Å². The first-order chi connectivity index (χ1) is 7.81. The van der Waals surface area contributed by atoms with Crippen molar-refractivity contribution < 1.29 is 22.3 Å². The first-order valence-electron chi connectivity index (χ1n) is 4.83. The zero-order valence-electron chi connectivity index (χ0n) is 9.57. The fraction of sp³-hybridized carbons (Fsp3) is 0.364. The number of ether oxygens (including phenoxy) is 1. The van der Waals surface area contributed by atoms with Crippen LogP contribution in [-0.4, -0.2) is 33.3 Å². The monoisotopic (exact) mass is 260 g/mol. The summed E-state index contributed by atoms with van der Waals surface area (Å²) in [7, 11) is -1.99. The van der Waals surface area contributed by atoms with Crippen LogP contribution in [0.15, 0.2) is 18.2 Å². The molecule has 0 amide bonds. The number of ketones is 1. The van der Waals surface area contributed by atoms with E-state index in [2.05, 4.69) is 0 Å². The molecule has 0 heterocycles. The molecule has 1 aromatic rings. The van der Waals surface area contributed by atoms with E-state index < -0.39 is 27.2 Å². The Morgan fingerprint density at radius 2 is 2.06 bits per heavy atom. The normalized spacial score (nSPS) is 11.2. The van der Waals surface area contributed by atoms with Crippen molar-refractivity contribution in [2.45, 2.75) is 6.42 Å². The van der Waals surface area contributed by atoms with Gasteiger partial charge in [-0.1, -0.05) is 6.07 Å². The van der Waals surface area contributed by atoms with E-state index in [1.54, 1.807) is 0 Å². The maximum atomic E-state index is 13.3. The van der Waals surface area contributed by atoms with Crippen LogP contribution in [0, 0.1) is 5.82 Å². The number of Topliss-reactive ketones (excluding diaryl/α,β-unsaturated/α-hetero) is 1. The van der Waals surface area contributed by atoms with Crippen LogP contribution in [0.2, 0.25) is 0 Å². The Labute approximate surface area is 99.3 Å². The van der Waals surface area contributed by atoms with E-state index in [1.807, 2.05) is 0 Å². The van der Waals surface area contributed by atoms with Gasteiger partial charge in [0.25, 0.3) is 0 Å².